The number of anilines is 2. The van der Waals surface area contributed by atoms with Crippen LogP contribution in [0.2, 0.25) is 0 Å². The minimum absolute atomic E-state index is 0.627. The first-order valence-corrected chi connectivity index (χ1v) is 16.8. The molecule has 0 aliphatic heterocycles. The third-order valence-electron chi connectivity index (χ3n) is 7.46. The van der Waals surface area contributed by atoms with E-state index in [2.05, 4.69) is 48.1 Å². The highest BCUT2D eigenvalue weighted by Crippen LogP contribution is 2.33. The van der Waals surface area contributed by atoms with E-state index in [1.165, 1.54) is 0 Å². The molecule has 0 radical (unpaired) electrons. The van der Waals surface area contributed by atoms with Crippen molar-refractivity contribution >= 4 is 55.0 Å². The lowest BCUT2D eigenvalue weighted by Crippen LogP contribution is -2.00. The molecule has 49 heavy (non-hydrogen) atoms. The van der Waals surface area contributed by atoms with Crippen molar-refractivity contribution in [2.75, 3.05) is 10.6 Å². The lowest BCUT2D eigenvalue weighted by Gasteiger charge is -2.14. The van der Waals surface area contributed by atoms with E-state index in [0.717, 1.165) is 66.4 Å². The first-order valence-electron chi connectivity index (χ1n) is 16.8. The molecule has 0 amide bonds. The van der Waals surface area contributed by atoms with Gasteiger partial charge in [0.05, 0.1) is 33.4 Å². The zero-order chi connectivity index (χ0) is 35.2. The zero-order valence-electron chi connectivity index (χ0n) is 29.4. The molecule has 0 aliphatic carbocycles. The lowest BCUT2D eigenvalue weighted by molar-refractivity contribution is 0.323. The van der Waals surface area contributed by atoms with Crippen molar-refractivity contribution in [1.29, 1.82) is 0 Å². The molecular formula is C44H46N4O. The van der Waals surface area contributed by atoms with Crippen molar-refractivity contribution in [3.63, 3.8) is 0 Å². The fraction of sp³-hybridized carbons (Fsp3) is 0.136. The van der Waals surface area contributed by atoms with Crippen molar-refractivity contribution in [3.8, 4) is 0 Å². The quantitative estimate of drug-likeness (QED) is 0.0881. The Kier molecular flexibility index (Phi) is 13.1. The average molecular weight is 647 g/mol. The van der Waals surface area contributed by atoms with Crippen LogP contribution in [0, 0.1) is 0 Å². The number of hydrogen-bond acceptors (Lipinski definition) is 5. The van der Waals surface area contributed by atoms with Gasteiger partial charge >= 0.3 is 0 Å². The van der Waals surface area contributed by atoms with Gasteiger partial charge in [0.25, 0.3) is 0 Å². The highest BCUT2D eigenvalue weighted by molar-refractivity contribution is 6.09. The van der Waals surface area contributed by atoms with Gasteiger partial charge in [-0.25, -0.2) is 9.97 Å². The normalized spacial score (nSPS) is 12.1. The number of ether oxygens (including phenoxy) is 1. The molecule has 4 aromatic carbocycles. The molecule has 0 bridgehead atoms. The molecule has 0 spiro atoms. The number of nitrogens with zero attached hydrogens (tertiary/aromatic N) is 2. The van der Waals surface area contributed by atoms with E-state index >= 15 is 0 Å². The van der Waals surface area contributed by atoms with Crippen LogP contribution in [0.15, 0.2) is 170 Å². The monoisotopic (exact) mass is 646 g/mol. The van der Waals surface area contributed by atoms with Crippen molar-refractivity contribution < 1.29 is 4.74 Å². The van der Waals surface area contributed by atoms with Crippen molar-refractivity contribution in [1.82, 2.24) is 9.97 Å². The van der Waals surface area contributed by atoms with E-state index in [0.29, 0.717) is 11.5 Å². The van der Waals surface area contributed by atoms with Gasteiger partial charge in [0.2, 0.25) is 0 Å². The minimum Gasteiger partial charge on any atom is -0.462 e. The van der Waals surface area contributed by atoms with Crippen LogP contribution in [0.1, 0.15) is 41.5 Å². The van der Waals surface area contributed by atoms with Crippen LogP contribution in [0.4, 0.5) is 11.4 Å². The number of hydrogen-bond donors (Lipinski definition) is 2. The number of nitrogens with one attached hydrogen (secondary N) is 2. The Labute approximate surface area is 290 Å². The van der Waals surface area contributed by atoms with E-state index < -0.39 is 0 Å². The molecule has 2 heterocycles. The Morgan fingerprint density at radius 2 is 0.939 bits per heavy atom. The van der Waals surface area contributed by atoms with Crippen LogP contribution < -0.4 is 10.6 Å². The van der Waals surface area contributed by atoms with Gasteiger partial charge in [-0.15, -0.1) is 0 Å². The lowest BCUT2D eigenvalue weighted by atomic mass is 10.1. The van der Waals surface area contributed by atoms with Gasteiger partial charge < -0.3 is 15.4 Å². The standard InChI is InChI=1S/C40H34N4O.2C2H6/c1-5-29(42-40-33-17-9-13-21-37(33)44-38-22-14-10-18-34(38)40)25-24-28(4)45-30(6-2)26-23-27(3)41-39-31-15-7-11-19-35(31)43-36-20-12-8-16-32(36)39;2*1-2/h5-26H,1-2H2,3-4H3,(H,41,43)(H,42,44);2*1-2H3/b27-23+,28-24+,29-25+,30-26+;;. The second kappa shape index (κ2) is 17.8. The van der Waals surface area contributed by atoms with E-state index in [9.17, 15) is 0 Å². The number of aromatic nitrogens is 2. The first kappa shape index (κ1) is 35.9. The summed E-state index contributed by atoms with van der Waals surface area (Å²) in [6, 6.07) is 32.6. The van der Waals surface area contributed by atoms with Gasteiger partial charge in [-0.2, -0.15) is 0 Å². The third kappa shape index (κ3) is 8.70. The summed E-state index contributed by atoms with van der Waals surface area (Å²) in [5.41, 5.74) is 7.57. The fourth-order valence-electron chi connectivity index (χ4n) is 5.27. The fourth-order valence-corrected chi connectivity index (χ4v) is 5.27. The zero-order valence-corrected chi connectivity index (χ0v) is 29.4. The predicted molar refractivity (Wildman–Crippen MR) is 214 cm³/mol. The highest BCUT2D eigenvalue weighted by Gasteiger charge is 2.10. The molecule has 248 valence electrons. The van der Waals surface area contributed by atoms with Crippen LogP contribution in [0.3, 0.4) is 0 Å². The minimum atomic E-state index is 0.627. The molecule has 2 aromatic heterocycles. The third-order valence-corrected chi connectivity index (χ3v) is 7.46. The number of pyridine rings is 2. The molecule has 6 aromatic rings. The summed E-state index contributed by atoms with van der Waals surface area (Å²) in [6.45, 7) is 19.9. The molecule has 5 heteroatoms. The maximum absolute atomic E-state index is 6.13. The smallest absolute Gasteiger partial charge is 0.126 e. The van der Waals surface area contributed by atoms with Crippen molar-refractivity contribution in [3.05, 3.63) is 170 Å². The molecule has 0 saturated heterocycles. The SMILES string of the molecule is C=C/C(=C\C=C(/C)O/C(C=C)=C/C=C(\C)Nc1c2ccccc2nc2ccccc12)Nc1c2ccccc2nc2ccccc12.CC.CC. The van der Waals surface area contributed by atoms with Crippen LogP contribution >= 0.6 is 0 Å². The Hall–Kier alpha value is -5.94. The Bertz CT molecular complexity index is 2100. The summed E-state index contributed by atoms with van der Waals surface area (Å²) in [7, 11) is 0. The Morgan fingerprint density at radius 3 is 1.35 bits per heavy atom. The number of fused-ring (bicyclic) bond motifs is 4. The summed E-state index contributed by atoms with van der Waals surface area (Å²) in [5, 5.41) is 11.4. The van der Waals surface area contributed by atoms with E-state index in [-0.39, 0.29) is 0 Å². The molecule has 0 saturated carbocycles. The number of para-hydroxylation sites is 4. The summed E-state index contributed by atoms with van der Waals surface area (Å²) in [6.07, 6.45) is 11.3. The maximum Gasteiger partial charge on any atom is 0.126 e. The van der Waals surface area contributed by atoms with Gasteiger partial charge in [0.1, 0.15) is 11.5 Å². The molecule has 5 nitrogen and oxygen atoms in total. The largest absolute Gasteiger partial charge is 0.462 e. The van der Waals surface area contributed by atoms with Gasteiger partial charge in [-0.1, -0.05) is 114 Å². The summed E-state index contributed by atoms with van der Waals surface area (Å²) in [4.78, 5) is 9.65. The van der Waals surface area contributed by atoms with E-state index in [1.807, 2.05) is 139 Å². The average Bonchev–Trinajstić information content (AvgIpc) is 3.16. The summed E-state index contributed by atoms with van der Waals surface area (Å²) >= 11 is 0. The number of rotatable bonds is 10. The Balaban J connectivity index is 0.00000130. The van der Waals surface area contributed by atoms with Crippen LogP contribution in [-0.2, 0) is 4.74 Å². The second-order valence-corrected chi connectivity index (χ2v) is 10.6. The number of allylic oxidation sites excluding steroid dienone is 8. The van der Waals surface area contributed by atoms with Crippen LogP contribution in [0.25, 0.3) is 43.6 Å². The first-order chi connectivity index (χ1) is 24.0. The molecule has 0 unspecified atom stereocenters. The van der Waals surface area contributed by atoms with Crippen molar-refractivity contribution in [2.24, 2.45) is 0 Å². The molecule has 0 fully saturated rings. The Morgan fingerprint density at radius 1 is 0.531 bits per heavy atom. The highest BCUT2D eigenvalue weighted by atomic mass is 16.5. The van der Waals surface area contributed by atoms with Gasteiger partial charge in [-0.3, -0.25) is 0 Å². The van der Waals surface area contributed by atoms with Gasteiger partial charge in [-0.05, 0) is 74.6 Å². The molecule has 2 N–H and O–H groups in total. The summed E-state index contributed by atoms with van der Waals surface area (Å²) < 4.78 is 6.13. The molecular weight excluding hydrogens is 601 g/mol. The van der Waals surface area contributed by atoms with Crippen LogP contribution in [-0.4, -0.2) is 9.97 Å². The maximum atomic E-state index is 6.13. The van der Waals surface area contributed by atoms with E-state index in [4.69, 9.17) is 14.7 Å². The summed E-state index contributed by atoms with van der Waals surface area (Å²) in [5.74, 6) is 1.33. The topological polar surface area (TPSA) is 59.1 Å². The van der Waals surface area contributed by atoms with Gasteiger partial charge in [0, 0.05) is 32.9 Å². The van der Waals surface area contributed by atoms with E-state index in [1.54, 1.807) is 12.2 Å². The molecule has 6 rings (SSSR count). The van der Waals surface area contributed by atoms with Crippen molar-refractivity contribution in [2.45, 2.75) is 41.5 Å². The molecule has 0 atom stereocenters. The van der Waals surface area contributed by atoms with Crippen LogP contribution in [0.5, 0.6) is 0 Å². The number of benzene rings is 4. The second-order valence-electron chi connectivity index (χ2n) is 10.6. The molecule has 0 aliphatic rings. The predicted octanol–water partition coefficient (Wildman–Crippen LogP) is 12.6. The van der Waals surface area contributed by atoms with Gasteiger partial charge in [0.15, 0.2) is 0 Å².